The number of carbonyl (C=O) groups excluding carboxylic acids is 2. The van der Waals surface area contributed by atoms with Crippen LogP contribution in [-0.2, 0) is 22.4 Å². The summed E-state index contributed by atoms with van der Waals surface area (Å²) in [5.74, 6) is 2.30. The number of carbonyl (C=O) groups is 3. The van der Waals surface area contributed by atoms with Crippen LogP contribution < -0.4 is 21.9 Å². The van der Waals surface area contributed by atoms with Crippen LogP contribution in [0.25, 0.3) is 0 Å². The van der Waals surface area contributed by atoms with Crippen LogP contribution >= 0.6 is 23.2 Å². The largest absolute Gasteiger partial charge is 0.505 e. The highest BCUT2D eigenvalue weighted by molar-refractivity contribution is 6.37. The van der Waals surface area contributed by atoms with Gasteiger partial charge in [-0.1, -0.05) is 36.2 Å². The Morgan fingerprint density at radius 3 is 2.61 bits per heavy atom. The van der Waals surface area contributed by atoms with Crippen molar-refractivity contribution in [3.63, 3.8) is 0 Å². The molecule has 0 aliphatic heterocycles. The fourth-order valence-electron chi connectivity index (χ4n) is 3.03. The Hall–Kier alpha value is -3.34. The predicted molar refractivity (Wildman–Crippen MR) is 125 cm³/mol. The molecule has 0 aliphatic carbocycles. The number of nitrogens with two attached hydrogens (primary N) is 1. The van der Waals surface area contributed by atoms with E-state index < -0.39 is 30.4 Å². The lowest BCUT2D eigenvalue weighted by molar-refractivity contribution is -0.141. The molecule has 10 nitrogen and oxygen atoms in total. The average Bonchev–Trinajstić information content (AvgIpc) is 2.79. The van der Waals surface area contributed by atoms with Gasteiger partial charge in [0.1, 0.15) is 12.4 Å². The zero-order chi connectivity index (χ0) is 24.5. The van der Waals surface area contributed by atoms with Gasteiger partial charge in [-0.25, -0.2) is 15.6 Å². The molecule has 0 heterocycles. The van der Waals surface area contributed by atoms with Crippen LogP contribution in [0.15, 0.2) is 35.3 Å². The number of hydrogen-bond acceptors (Lipinski definition) is 6. The van der Waals surface area contributed by atoms with Crippen LogP contribution in [-0.4, -0.2) is 46.9 Å². The van der Waals surface area contributed by atoms with Gasteiger partial charge < -0.3 is 26.3 Å². The van der Waals surface area contributed by atoms with Crippen LogP contribution in [0.5, 0.6) is 5.75 Å². The number of rotatable bonds is 10. The molecule has 1 atom stereocenters. The van der Waals surface area contributed by atoms with Gasteiger partial charge >= 0.3 is 5.97 Å². The molecule has 7 N–H and O–H groups in total. The maximum absolute atomic E-state index is 12.3. The normalized spacial score (nSPS) is 11.8. The highest BCUT2D eigenvalue weighted by atomic mass is 35.5. The van der Waals surface area contributed by atoms with Gasteiger partial charge in [-0.15, -0.1) is 0 Å². The van der Waals surface area contributed by atoms with Crippen molar-refractivity contribution in [1.82, 2.24) is 16.1 Å². The van der Waals surface area contributed by atoms with Crippen LogP contribution in [0.1, 0.15) is 28.4 Å². The van der Waals surface area contributed by atoms with Gasteiger partial charge in [-0.05, 0) is 41.8 Å². The number of benzene rings is 2. The van der Waals surface area contributed by atoms with E-state index in [0.717, 1.165) is 0 Å². The van der Waals surface area contributed by atoms with Gasteiger partial charge in [-0.2, -0.15) is 0 Å². The molecular weight excluding hydrogens is 473 g/mol. The van der Waals surface area contributed by atoms with E-state index in [1.807, 2.05) is 0 Å². The van der Waals surface area contributed by atoms with Crippen molar-refractivity contribution in [2.75, 3.05) is 6.54 Å². The second-order valence-corrected chi connectivity index (χ2v) is 7.62. The van der Waals surface area contributed by atoms with Gasteiger partial charge in [0.25, 0.3) is 5.91 Å². The molecule has 0 saturated heterocycles. The zero-order valence-electron chi connectivity index (χ0n) is 17.6. The van der Waals surface area contributed by atoms with Crippen molar-refractivity contribution >= 4 is 53.0 Å². The monoisotopic (exact) mass is 495 g/mol. The summed E-state index contributed by atoms with van der Waals surface area (Å²) in [4.78, 5) is 40.3. The first-order valence-electron chi connectivity index (χ1n) is 9.75. The highest BCUT2D eigenvalue weighted by Crippen LogP contribution is 2.37. The molecule has 2 rings (SSSR count). The number of phenols is 1. The van der Waals surface area contributed by atoms with E-state index in [-0.39, 0.29) is 27.8 Å². The minimum absolute atomic E-state index is 0.0243. The smallest absolute Gasteiger partial charge is 0.326 e. The van der Waals surface area contributed by atoms with E-state index in [9.17, 15) is 24.6 Å². The Morgan fingerprint density at radius 1 is 1.24 bits per heavy atom. The summed E-state index contributed by atoms with van der Waals surface area (Å²) in [6.45, 7) is 1.34. The van der Waals surface area contributed by atoms with Crippen molar-refractivity contribution in [2.45, 2.75) is 25.8 Å². The van der Waals surface area contributed by atoms with Crippen LogP contribution in [0.3, 0.4) is 0 Å². The van der Waals surface area contributed by atoms with Crippen LogP contribution in [0.4, 0.5) is 5.69 Å². The fraction of sp³-hybridized carbons (Fsp3) is 0.238. The number of phenolic OH excluding ortho intramolecular Hbond substituents is 1. The second kappa shape index (κ2) is 12.0. The van der Waals surface area contributed by atoms with Crippen molar-refractivity contribution in [2.24, 2.45) is 10.8 Å². The molecular formula is C21H23Cl2N5O5. The van der Waals surface area contributed by atoms with Crippen molar-refractivity contribution < 1.29 is 24.6 Å². The van der Waals surface area contributed by atoms with Gasteiger partial charge in [0.05, 0.1) is 22.3 Å². The van der Waals surface area contributed by atoms with Gasteiger partial charge in [0.15, 0.2) is 5.75 Å². The maximum Gasteiger partial charge on any atom is 0.326 e. The Labute approximate surface area is 199 Å². The Balaban J connectivity index is 2.05. The van der Waals surface area contributed by atoms with Gasteiger partial charge in [-0.3, -0.25) is 9.59 Å². The van der Waals surface area contributed by atoms with Gasteiger partial charge in [0, 0.05) is 12.0 Å². The summed E-state index contributed by atoms with van der Waals surface area (Å²) in [6.07, 6.45) is 1.54. The Bertz CT molecular complexity index is 1080. The van der Waals surface area contributed by atoms with Crippen molar-refractivity contribution in [3.8, 4) is 5.75 Å². The molecule has 0 aliphatic rings. The molecule has 0 saturated carbocycles. The number of nitrogens with zero attached hydrogens (tertiary/aromatic N) is 1. The van der Waals surface area contributed by atoms with E-state index in [2.05, 4.69) is 21.1 Å². The highest BCUT2D eigenvalue weighted by Gasteiger charge is 2.24. The molecule has 2 aromatic carbocycles. The lowest BCUT2D eigenvalue weighted by Gasteiger charge is -2.18. The lowest BCUT2D eigenvalue weighted by atomic mass is 9.98. The number of amides is 2. The van der Waals surface area contributed by atoms with Crippen LogP contribution in [0, 0.1) is 0 Å². The van der Waals surface area contributed by atoms with Crippen molar-refractivity contribution in [1.29, 1.82) is 0 Å². The van der Waals surface area contributed by atoms with E-state index in [0.29, 0.717) is 23.2 Å². The number of aliphatic carboxylic acids is 1. The van der Waals surface area contributed by atoms with E-state index in [1.54, 1.807) is 19.1 Å². The topological polar surface area (TPSA) is 166 Å². The first-order chi connectivity index (χ1) is 15.7. The molecule has 2 amide bonds. The maximum atomic E-state index is 12.3. The summed E-state index contributed by atoms with van der Waals surface area (Å²) in [5, 5.41) is 24.3. The minimum atomic E-state index is -1.31. The molecule has 0 spiro atoms. The summed E-state index contributed by atoms with van der Waals surface area (Å²) in [5.41, 5.74) is 3.97. The van der Waals surface area contributed by atoms with E-state index in [4.69, 9.17) is 29.0 Å². The molecule has 2 aromatic rings. The van der Waals surface area contributed by atoms with Gasteiger partial charge in [0.2, 0.25) is 5.91 Å². The summed E-state index contributed by atoms with van der Waals surface area (Å²) >= 11 is 12.1. The third-order valence-electron chi connectivity index (χ3n) is 4.60. The summed E-state index contributed by atoms with van der Waals surface area (Å²) in [7, 11) is 0. The molecule has 176 valence electrons. The Morgan fingerprint density at radius 2 is 1.97 bits per heavy atom. The number of hydrogen-bond donors (Lipinski definition) is 6. The number of aliphatic imine (C=N–C) groups is 1. The van der Waals surface area contributed by atoms with Crippen molar-refractivity contribution in [3.05, 3.63) is 57.1 Å². The molecule has 0 aromatic heterocycles. The number of nitrogens with one attached hydrogen (secondary N) is 3. The molecule has 33 heavy (non-hydrogen) atoms. The Kier molecular flexibility index (Phi) is 9.46. The summed E-state index contributed by atoms with van der Waals surface area (Å²) < 4.78 is 0. The number of carboxylic acid groups (broad SMARTS) is 1. The molecule has 0 fully saturated rings. The van der Waals surface area contributed by atoms with E-state index >= 15 is 0 Å². The standard InChI is InChI=1S/C21H23Cl2N5O5/c1-2-14-12(7-15(22)19(30)18(14)23)8-16(21(32)33)28-17(29)9-25-20(31)11-4-3-5-13(6-11)26-10-27-24/h3-7,10,16,30H,2,8-9,24H2,1H3,(H,25,31)(H,26,27)(H,28,29)(H,32,33). The molecule has 1 unspecified atom stereocenters. The zero-order valence-corrected chi connectivity index (χ0v) is 19.1. The van der Waals surface area contributed by atoms with E-state index in [1.165, 1.54) is 24.5 Å². The first kappa shape index (κ1) is 25.9. The number of hydrazine groups is 1. The SMILES string of the molecule is CCc1c(CC(NC(=O)CNC(=O)c2cccc(N=CNN)c2)C(=O)O)cc(Cl)c(O)c1Cl. The molecule has 0 bridgehead atoms. The third kappa shape index (κ3) is 7.07. The quantitative estimate of drug-likeness (QED) is 0.127. The number of aromatic hydroxyl groups is 1. The minimum Gasteiger partial charge on any atom is -0.505 e. The molecule has 0 radical (unpaired) electrons. The van der Waals surface area contributed by atoms with Crippen LogP contribution in [0.2, 0.25) is 10.0 Å². The number of carboxylic acids is 1. The fourth-order valence-corrected chi connectivity index (χ4v) is 3.66. The molecule has 12 heteroatoms. The number of halogens is 2. The lowest BCUT2D eigenvalue weighted by Crippen LogP contribution is -2.46. The second-order valence-electron chi connectivity index (χ2n) is 6.83. The summed E-state index contributed by atoms with van der Waals surface area (Å²) in [6, 6.07) is 6.40. The third-order valence-corrected chi connectivity index (χ3v) is 5.30. The first-order valence-corrected chi connectivity index (χ1v) is 10.5. The average molecular weight is 496 g/mol. The predicted octanol–water partition coefficient (Wildman–Crippen LogP) is 1.93.